The van der Waals surface area contributed by atoms with Crippen LogP contribution in [0.25, 0.3) is 0 Å². The SMILES string of the molecule is CCCc1nn(C(C)CC)c(Cl)c1[N+](=O)[O-]. The predicted molar refractivity (Wildman–Crippen MR) is 62.9 cm³/mol. The van der Waals surface area contributed by atoms with Gasteiger partial charge in [0.15, 0.2) is 0 Å². The average molecular weight is 246 g/mol. The molecule has 6 heteroatoms. The van der Waals surface area contributed by atoms with Crippen molar-refractivity contribution in [3.8, 4) is 0 Å². The van der Waals surface area contributed by atoms with Crippen molar-refractivity contribution in [3.05, 3.63) is 21.0 Å². The lowest BCUT2D eigenvalue weighted by Gasteiger charge is -2.08. The van der Waals surface area contributed by atoms with Gasteiger partial charge in [0.05, 0.1) is 11.0 Å². The van der Waals surface area contributed by atoms with Gasteiger partial charge in [0.2, 0.25) is 5.15 Å². The van der Waals surface area contributed by atoms with Crippen molar-refractivity contribution < 1.29 is 4.92 Å². The summed E-state index contributed by atoms with van der Waals surface area (Å²) in [4.78, 5) is 10.5. The van der Waals surface area contributed by atoms with Crippen LogP contribution in [0.2, 0.25) is 5.15 Å². The van der Waals surface area contributed by atoms with Crippen LogP contribution in [0.4, 0.5) is 5.69 Å². The largest absolute Gasteiger partial charge is 0.329 e. The number of aromatic nitrogens is 2. The first kappa shape index (κ1) is 13.0. The second-order valence-electron chi connectivity index (χ2n) is 3.80. The lowest BCUT2D eigenvalue weighted by atomic mass is 10.2. The molecule has 0 radical (unpaired) electrons. The van der Waals surface area contributed by atoms with Crippen molar-refractivity contribution in [1.29, 1.82) is 0 Å². The molecule has 0 aliphatic heterocycles. The average Bonchev–Trinajstić information content (AvgIpc) is 2.55. The second kappa shape index (κ2) is 5.30. The molecular formula is C10H16ClN3O2. The first-order valence-electron chi connectivity index (χ1n) is 5.44. The highest BCUT2D eigenvalue weighted by Gasteiger charge is 2.27. The molecule has 0 N–H and O–H groups in total. The summed E-state index contributed by atoms with van der Waals surface area (Å²) in [5.41, 5.74) is 0.446. The van der Waals surface area contributed by atoms with E-state index < -0.39 is 4.92 Å². The molecule has 1 rings (SSSR count). The van der Waals surface area contributed by atoms with Gasteiger partial charge in [-0.25, -0.2) is 4.68 Å². The zero-order valence-corrected chi connectivity index (χ0v) is 10.5. The summed E-state index contributed by atoms with van der Waals surface area (Å²) in [6.07, 6.45) is 2.23. The highest BCUT2D eigenvalue weighted by Crippen LogP contribution is 2.31. The quantitative estimate of drug-likeness (QED) is 0.590. The van der Waals surface area contributed by atoms with Gasteiger partial charge in [0.25, 0.3) is 0 Å². The van der Waals surface area contributed by atoms with E-state index in [1.807, 2.05) is 20.8 Å². The van der Waals surface area contributed by atoms with E-state index in [-0.39, 0.29) is 16.9 Å². The van der Waals surface area contributed by atoms with E-state index in [1.54, 1.807) is 4.68 Å². The second-order valence-corrected chi connectivity index (χ2v) is 4.15. The first-order valence-corrected chi connectivity index (χ1v) is 5.81. The Bertz CT molecular complexity index is 390. The summed E-state index contributed by atoms with van der Waals surface area (Å²) in [7, 11) is 0. The van der Waals surface area contributed by atoms with Gasteiger partial charge in [0, 0.05) is 0 Å². The van der Waals surface area contributed by atoms with Crippen molar-refractivity contribution in [2.45, 2.75) is 46.1 Å². The zero-order valence-electron chi connectivity index (χ0n) is 9.73. The van der Waals surface area contributed by atoms with E-state index in [0.29, 0.717) is 12.1 Å². The molecule has 90 valence electrons. The standard InChI is InChI=1S/C10H16ClN3O2/c1-4-6-8-9(14(15)16)10(11)13(12-8)7(3)5-2/h7H,4-6H2,1-3H3. The van der Waals surface area contributed by atoms with Gasteiger partial charge in [-0.05, 0) is 19.8 Å². The number of hydrogen-bond donors (Lipinski definition) is 0. The van der Waals surface area contributed by atoms with E-state index in [4.69, 9.17) is 11.6 Å². The van der Waals surface area contributed by atoms with Gasteiger partial charge in [-0.15, -0.1) is 0 Å². The molecule has 0 bridgehead atoms. The summed E-state index contributed by atoms with van der Waals surface area (Å²) in [6, 6.07) is 0.0804. The maximum Gasteiger partial charge on any atom is 0.329 e. The molecule has 0 saturated carbocycles. The Morgan fingerprint density at radius 1 is 1.56 bits per heavy atom. The monoisotopic (exact) mass is 245 g/mol. The molecule has 1 atom stereocenters. The van der Waals surface area contributed by atoms with Crippen molar-refractivity contribution in [3.63, 3.8) is 0 Å². The van der Waals surface area contributed by atoms with Crippen molar-refractivity contribution in [2.24, 2.45) is 0 Å². The van der Waals surface area contributed by atoms with Crippen LogP contribution in [0.3, 0.4) is 0 Å². The Kier molecular flexibility index (Phi) is 4.29. The Labute approximate surface area is 99.5 Å². The fourth-order valence-corrected chi connectivity index (χ4v) is 1.88. The number of halogens is 1. The molecule has 0 aliphatic carbocycles. The van der Waals surface area contributed by atoms with Crippen LogP contribution in [0.15, 0.2) is 0 Å². The minimum atomic E-state index is -0.445. The maximum atomic E-state index is 10.9. The molecule has 1 aromatic heterocycles. The molecule has 0 saturated heterocycles. The Morgan fingerprint density at radius 3 is 2.62 bits per heavy atom. The third kappa shape index (κ3) is 2.35. The predicted octanol–water partition coefficient (Wildman–Crippen LogP) is 3.37. The van der Waals surface area contributed by atoms with Crippen LogP contribution < -0.4 is 0 Å². The summed E-state index contributed by atoms with van der Waals surface area (Å²) in [6.45, 7) is 5.90. The van der Waals surface area contributed by atoms with Gasteiger partial charge in [-0.3, -0.25) is 10.1 Å². The molecule has 0 aliphatic rings. The summed E-state index contributed by atoms with van der Waals surface area (Å²) >= 11 is 5.99. The van der Waals surface area contributed by atoms with E-state index in [2.05, 4.69) is 5.10 Å². The Morgan fingerprint density at radius 2 is 2.19 bits per heavy atom. The van der Waals surface area contributed by atoms with Crippen LogP contribution in [-0.4, -0.2) is 14.7 Å². The van der Waals surface area contributed by atoms with Crippen LogP contribution in [-0.2, 0) is 6.42 Å². The maximum absolute atomic E-state index is 10.9. The molecule has 0 spiro atoms. The van der Waals surface area contributed by atoms with Crippen LogP contribution >= 0.6 is 11.6 Å². The van der Waals surface area contributed by atoms with Crippen molar-refractivity contribution in [1.82, 2.24) is 9.78 Å². The molecule has 16 heavy (non-hydrogen) atoms. The minimum Gasteiger partial charge on any atom is -0.258 e. The van der Waals surface area contributed by atoms with Gasteiger partial charge >= 0.3 is 5.69 Å². The fourth-order valence-electron chi connectivity index (χ4n) is 1.50. The number of nitrogens with zero attached hydrogens (tertiary/aromatic N) is 3. The molecule has 1 aromatic rings. The molecule has 0 aromatic carbocycles. The Balaban J connectivity index is 3.23. The van der Waals surface area contributed by atoms with Crippen molar-refractivity contribution in [2.75, 3.05) is 0 Å². The smallest absolute Gasteiger partial charge is 0.258 e. The van der Waals surface area contributed by atoms with Crippen LogP contribution in [0, 0.1) is 10.1 Å². The first-order chi connectivity index (χ1) is 7.52. The van der Waals surface area contributed by atoms with E-state index >= 15 is 0 Å². The van der Waals surface area contributed by atoms with E-state index in [0.717, 1.165) is 12.8 Å². The zero-order chi connectivity index (χ0) is 12.3. The lowest BCUT2D eigenvalue weighted by Crippen LogP contribution is -2.06. The Hall–Kier alpha value is -1.10. The normalized spacial score (nSPS) is 12.8. The van der Waals surface area contributed by atoms with Gasteiger partial charge < -0.3 is 0 Å². The third-order valence-corrected chi connectivity index (χ3v) is 2.93. The highest BCUT2D eigenvalue weighted by molar-refractivity contribution is 6.31. The number of hydrogen-bond acceptors (Lipinski definition) is 3. The van der Waals surface area contributed by atoms with Crippen LogP contribution in [0.5, 0.6) is 0 Å². The summed E-state index contributed by atoms with van der Waals surface area (Å²) in [5, 5.41) is 15.3. The molecular weight excluding hydrogens is 230 g/mol. The molecule has 0 amide bonds. The number of rotatable bonds is 5. The molecule has 1 heterocycles. The van der Waals surface area contributed by atoms with E-state index in [9.17, 15) is 10.1 Å². The highest BCUT2D eigenvalue weighted by atomic mass is 35.5. The minimum absolute atomic E-state index is 0.0381. The van der Waals surface area contributed by atoms with Gasteiger partial charge in [-0.1, -0.05) is 31.9 Å². The summed E-state index contributed by atoms with van der Waals surface area (Å²) in [5.74, 6) is 0. The van der Waals surface area contributed by atoms with Gasteiger partial charge in [0.1, 0.15) is 5.69 Å². The van der Waals surface area contributed by atoms with E-state index in [1.165, 1.54) is 0 Å². The molecule has 0 fully saturated rings. The molecule has 5 nitrogen and oxygen atoms in total. The lowest BCUT2D eigenvalue weighted by molar-refractivity contribution is -0.385. The van der Waals surface area contributed by atoms with Crippen LogP contribution in [0.1, 0.15) is 45.3 Å². The van der Waals surface area contributed by atoms with Crippen molar-refractivity contribution >= 4 is 17.3 Å². The third-order valence-electron chi connectivity index (χ3n) is 2.58. The molecule has 1 unspecified atom stereocenters. The topological polar surface area (TPSA) is 61.0 Å². The summed E-state index contributed by atoms with van der Waals surface area (Å²) < 4.78 is 1.55. The number of nitro groups is 1. The van der Waals surface area contributed by atoms with Gasteiger partial charge in [-0.2, -0.15) is 5.10 Å². The number of aryl methyl sites for hydroxylation is 1. The fraction of sp³-hybridized carbons (Fsp3) is 0.700.